The minimum absolute atomic E-state index is 0.0340. The number of fused-ring (bicyclic) bond motifs is 1. The van der Waals surface area contributed by atoms with Crippen molar-refractivity contribution in [2.75, 3.05) is 7.11 Å². The van der Waals surface area contributed by atoms with E-state index in [9.17, 15) is 19.8 Å². The Balaban J connectivity index is 2.25. The Labute approximate surface area is 119 Å². The summed E-state index contributed by atoms with van der Waals surface area (Å²) in [6.45, 7) is 0. The molecule has 1 aromatic carbocycles. The van der Waals surface area contributed by atoms with Gasteiger partial charge < -0.3 is 25.0 Å². The first-order chi connectivity index (χ1) is 9.92. The zero-order chi connectivity index (χ0) is 15.6. The highest BCUT2D eigenvalue weighted by Gasteiger charge is 2.22. The second-order valence-electron chi connectivity index (χ2n) is 4.63. The van der Waals surface area contributed by atoms with Gasteiger partial charge in [-0.2, -0.15) is 0 Å². The number of aromatic nitrogens is 1. The van der Waals surface area contributed by atoms with Crippen LogP contribution in [0.4, 0.5) is 0 Å². The quantitative estimate of drug-likeness (QED) is 0.606. The second-order valence-corrected chi connectivity index (χ2v) is 4.63. The van der Waals surface area contributed by atoms with Gasteiger partial charge in [0.2, 0.25) is 0 Å². The van der Waals surface area contributed by atoms with Crippen LogP contribution in [-0.4, -0.2) is 45.5 Å². The first-order valence-corrected chi connectivity index (χ1v) is 6.21. The van der Waals surface area contributed by atoms with Crippen LogP contribution in [0.5, 0.6) is 0 Å². The number of aromatic amines is 1. The molecule has 0 spiro atoms. The summed E-state index contributed by atoms with van der Waals surface area (Å²) < 4.78 is 4.43. The number of carboxylic acids is 1. The van der Waals surface area contributed by atoms with Gasteiger partial charge in [-0.3, -0.25) is 4.79 Å². The summed E-state index contributed by atoms with van der Waals surface area (Å²) in [5.41, 5.74) is 1.02. The van der Waals surface area contributed by atoms with Crippen molar-refractivity contribution in [1.29, 1.82) is 0 Å². The maximum atomic E-state index is 11.1. The van der Waals surface area contributed by atoms with Gasteiger partial charge >= 0.3 is 11.9 Å². The van der Waals surface area contributed by atoms with E-state index in [0.29, 0.717) is 16.5 Å². The fourth-order valence-corrected chi connectivity index (χ4v) is 2.04. The predicted octanol–water partition coefficient (Wildman–Crippen LogP) is 0.824. The van der Waals surface area contributed by atoms with Crippen LogP contribution >= 0.6 is 0 Å². The van der Waals surface area contributed by atoms with Crippen molar-refractivity contribution in [3.05, 3.63) is 35.5 Å². The first-order valence-electron chi connectivity index (χ1n) is 6.21. The molecule has 0 aliphatic heterocycles. The number of nitrogens with one attached hydrogen (secondary N) is 1. The van der Waals surface area contributed by atoms with Crippen molar-refractivity contribution >= 4 is 22.8 Å². The summed E-state index contributed by atoms with van der Waals surface area (Å²) in [6.07, 6.45) is -2.90. The summed E-state index contributed by atoms with van der Waals surface area (Å²) in [6, 6.07) is 6.14. The van der Waals surface area contributed by atoms with E-state index >= 15 is 0 Å². The number of hydrogen-bond donors (Lipinski definition) is 4. The highest BCUT2D eigenvalue weighted by Crippen LogP contribution is 2.24. The van der Waals surface area contributed by atoms with E-state index in [1.165, 1.54) is 13.2 Å². The van der Waals surface area contributed by atoms with Gasteiger partial charge in [0.1, 0.15) is 11.8 Å². The Morgan fingerprint density at radius 1 is 1.29 bits per heavy atom. The van der Waals surface area contributed by atoms with Crippen LogP contribution in [0.25, 0.3) is 10.9 Å². The summed E-state index contributed by atoms with van der Waals surface area (Å²) in [5, 5.41) is 29.3. The van der Waals surface area contributed by atoms with E-state index in [-0.39, 0.29) is 12.1 Å². The van der Waals surface area contributed by atoms with E-state index in [0.717, 1.165) is 0 Å². The zero-order valence-electron chi connectivity index (χ0n) is 11.2. The lowest BCUT2D eigenvalue weighted by Crippen LogP contribution is -2.22. The van der Waals surface area contributed by atoms with Crippen LogP contribution in [0, 0.1) is 0 Å². The number of esters is 1. The molecule has 2 unspecified atom stereocenters. The van der Waals surface area contributed by atoms with Crippen LogP contribution < -0.4 is 0 Å². The number of carbonyl (C=O) groups excluding carboxylic acids is 1. The molecular formula is C14H15NO6. The van der Waals surface area contributed by atoms with Crippen LogP contribution in [0.1, 0.15) is 28.6 Å². The maximum absolute atomic E-state index is 11.1. The van der Waals surface area contributed by atoms with Crippen LogP contribution in [-0.2, 0) is 9.53 Å². The molecule has 0 aliphatic carbocycles. The number of carboxylic acid groups (broad SMARTS) is 1. The number of aromatic carboxylic acids is 1. The molecule has 0 aliphatic rings. The number of ether oxygens (including phenoxy) is 1. The van der Waals surface area contributed by atoms with E-state index in [2.05, 4.69) is 9.72 Å². The van der Waals surface area contributed by atoms with Gasteiger partial charge in [-0.25, -0.2) is 4.79 Å². The number of benzene rings is 1. The molecule has 1 heterocycles. The molecule has 0 amide bonds. The number of methoxy groups -OCH3 is 1. The summed E-state index contributed by atoms with van der Waals surface area (Å²) >= 11 is 0. The monoisotopic (exact) mass is 293 g/mol. The second kappa shape index (κ2) is 5.94. The van der Waals surface area contributed by atoms with Gasteiger partial charge in [-0.05, 0) is 23.8 Å². The minimum atomic E-state index is -1.30. The predicted molar refractivity (Wildman–Crippen MR) is 72.9 cm³/mol. The fourth-order valence-electron chi connectivity index (χ4n) is 2.04. The third-order valence-electron chi connectivity index (χ3n) is 3.18. The van der Waals surface area contributed by atoms with Gasteiger partial charge in [-0.15, -0.1) is 0 Å². The Bertz CT molecular complexity index is 677. The Kier molecular flexibility index (Phi) is 4.25. The summed E-state index contributed by atoms with van der Waals surface area (Å²) in [4.78, 5) is 24.7. The van der Waals surface area contributed by atoms with Gasteiger partial charge in [0.15, 0.2) is 0 Å². The molecule has 21 heavy (non-hydrogen) atoms. The molecule has 0 bridgehead atoms. The van der Waals surface area contributed by atoms with E-state index in [1.54, 1.807) is 18.2 Å². The number of hydrogen-bond acceptors (Lipinski definition) is 5. The SMILES string of the molecule is COC(=O)CC(O)C(O)c1ccc2[nH]c(C(=O)O)cc2c1. The zero-order valence-corrected chi connectivity index (χ0v) is 11.2. The van der Waals surface area contributed by atoms with E-state index in [4.69, 9.17) is 5.11 Å². The summed E-state index contributed by atoms with van der Waals surface area (Å²) in [5.74, 6) is -1.71. The van der Waals surface area contributed by atoms with E-state index in [1.807, 2.05) is 0 Å². The average Bonchev–Trinajstić information content (AvgIpc) is 2.89. The highest BCUT2D eigenvalue weighted by atomic mass is 16.5. The Morgan fingerprint density at radius 2 is 2.00 bits per heavy atom. The molecule has 2 atom stereocenters. The van der Waals surface area contributed by atoms with Crippen LogP contribution in [0.3, 0.4) is 0 Å². The van der Waals surface area contributed by atoms with Crippen molar-refractivity contribution < 1.29 is 29.6 Å². The van der Waals surface area contributed by atoms with Crippen molar-refractivity contribution in [2.24, 2.45) is 0 Å². The molecule has 4 N–H and O–H groups in total. The summed E-state index contributed by atoms with van der Waals surface area (Å²) in [7, 11) is 1.20. The van der Waals surface area contributed by atoms with Crippen molar-refractivity contribution in [3.8, 4) is 0 Å². The van der Waals surface area contributed by atoms with Gasteiger partial charge in [0, 0.05) is 10.9 Å². The number of carbonyl (C=O) groups is 2. The average molecular weight is 293 g/mol. The molecule has 0 radical (unpaired) electrons. The third-order valence-corrected chi connectivity index (χ3v) is 3.18. The maximum Gasteiger partial charge on any atom is 0.352 e. The van der Waals surface area contributed by atoms with Gasteiger partial charge in [0.25, 0.3) is 0 Å². The Hall–Kier alpha value is -2.38. The molecule has 0 saturated heterocycles. The van der Waals surface area contributed by atoms with Gasteiger partial charge in [0.05, 0.1) is 19.6 Å². The van der Waals surface area contributed by atoms with Crippen molar-refractivity contribution in [2.45, 2.75) is 18.6 Å². The molecule has 2 rings (SSSR count). The number of rotatable bonds is 5. The smallest absolute Gasteiger partial charge is 0.352 e. The van der Waals surface area contributed by atoms with Crippen molar-refractivity contribution in [1.82, 2.24) is 4.98 Å². The highest BCUT2D eigenvalue weighted by molar-refractivity contribution is 5.93. The van der Waals surface area contributed by atoms with Crippen molar-refractivity contribution in [3.63, 3.8) is 0 Å². The lowest BCUT2D eigenvalue weighted by Gasteiger charge is -2.17. The Morgan fingerprint density at radius 3 is 2.62 bits per heavy atom. The van der Waals surface area contributed by atoms with Crippen LogP contribution in [0.15, 0.2) is 24.3 Å². The lowest BCUT2D eigenvalue weighted by molar-refractivity contribution is -0.144. The molecular weight excluding hydrogens is 278 g/mol. The molecule has 0 fully saturated rings. The van der Waals surface area contributed by atoms with Gasteiger partial charge in [-0.1, -0.05) is 6.07 Å². The third kappa shape index (κ3) is 3.21. The molecule has 7 heteroatoms. The number of H-pyrrole nitrogens is 1. The molecule has 7 nitrogen and oxygen atoms in total. The topological polar surface area (TPSA) is 120 Å². The largest absolute Gasteiger partial charge is 0.477 e. The fraction of sp³-hybridized carbons (Fsp3) is 0.286. The molecule has 1 aromatic heterocycles. The number of aliphatic hydroxyl groups is 2. The number of aliphatic hydroxyl groups excluding tert-OH is 2. The standard InChI is InChI=1S/C14H15NO6/c1-21-12(17)6-11(16)13(18)7-2-3-9-8(4-7)5-10(15-9)14(19)20/h2-5,11,13,15-16,18H,6H2,1H3,(H,19,20). The molecule has 2 aromatic rings. The lowest BCUT2D eigenvalue weighted by atomic mass is 10.0. The molecule has 112 valence electrons. The minimum Gasteiger partial charge on any atom is -0.477 e. The first kappa shape index (κ1) is 15.0. The molecule has 0 saturated carbocycles. The van der Waals surface area contributed by atoms with E-state index < -0.39 is 24.1 Å². The normalized spacial score (nSPS) is 13.9. The van der Waals surface area contributed by atoms with Crippen LogP contribution in [0.2, 0.25) is 0 Å².